The van der Waals surface area contributed by atoms with Gasteiger partial charge in [-0.15, -0.1) is 11.6 Å². The van der Waals surface area contributed by atoms with Crippen LogP contribution in [0.3, 0.4) is 0 Å². The molecule has 0 radical (unpaired) electrons. The van der Waals surface area contributed by atoms with Crippen molar-refractivity contribution in [3.63, 3.8) is 0 Å². The van der Waals surface area contributed by atoms with Crippen molar-refractivity contribution in [3.8, 4) is 0 Å². The molecule has 0 amide bonds. The first-order valence-electron chi connectivity index (χ1n) is 6.79. The van der Waals surface area contributed by atoms with Crippen LogP contribution in [0.2, 0.25) is 0 Å². The number of nitrogens with zero attached hydrogens (tertiary/aromatic N) is 2. The number of piperidine rings is 1. The lowest BCUT2D eigenvalue weighted by atomic mass is 10.1. The molecule has 1 fully saturated rings. The van der Waals surface area contributed by atoms with Gasteiger partial charge in [-0.1, -0.05) is 6.92 Å². The number of hydrogen-bond donors (Lipinski definition) is 1. The van der Waals surface area contributed by atoms with Gasteiger partial charge in [0.2, 0.25) is 0 Å². The summed E-state index contributed by atoms with van der Waals surface area (Å²) in [4.78, 5) is 0. The first-order valence-corrected chi connectivity index (χ1v) is 8.77. The molecule has 6 nitrogen and oxygen atoms in total. The first-order chi connectivity index (χ1) is 9.59. The fourth-order valence-electron chi connectivity index (χ4n) is 2.29. The highest BCUT2D eigenvalue weighted by molar-refractivity contribution is 7.89. The lowest BCUT2D eigenvalue weighted by Crippen LogP contribution is -2.43. The molecule has 0 aromatic carbocycles. The van der Waals surface area contributed by atoms with Gasteiger partial charge in [0.1, 0.15) is 0 Å². The maximum absolute atomic E-state index is 12.6. The second-order valence-electron chi connectivity index (χ2n) is 4.86. The summed E-state index contributed by atoms with van der Waals surface area (Å²) in [6.45, 7) is 3.60. The molecule has 1 aliphatic rings. The second-order valence-corrected chi connectivity index (χ2v) is 7.00. The van der Waals surface area contributed by atoms with Gasteiger partial charge in [0.15, 0.2) is 5.03 Å². The lowest BCUT2D eigenvalue weighted by molar-refractivity contribution is 0.0193. The number of aromatic nitrogens is 2. The van der Waals surface area contributed by atoms with E-state index in [-0.39, 0.29) is 17.0 Å². The number of aromatic amines is 1. The summed E-state index contributed by atoms with van der Waals surface area (Å²) in [6.07, 6.45) is 4.06. The van der Waals surface area contributed by atoms with Gasteiger partial charge in [0.05, 0.1) is 18.2 Å². The molecular formula is C12H20ClN3O3S. The van der Waals surface area contributed by atoms with Gasteiger partial charge in [0.25, 0.3) is 10.0 Å². The Kier molecular flexibility index (Phi) is 5.42. The predicted octanol–water partition coefficient (Wildman–Crippen LogP) is 1.73. The SMILES string of the molecule is CCCOC1CCCN(S(=O)(=O)c2[nH]ncc2CCl)C1. The fraction of sp³-hybridized carbons (Fsp3) is 0.750. The van der Waals surface area contributed by atoms with Crippen LogP contribution in [-0.4, -0.2) is 48.7 Å². The molecule has 1 saturated heterocycles. The van der Waals surface area contributed by atoms with Crippen molar-refractivity contribution in [1.29, 1.82) is 0 Å². The zero-order valence-electron chi connectivity index (χ0n) is 11.5. The van der Waals surface area contributed by atoms with Crippen LogP contribution in [0.1, 0.15) is 31.7 Å². The summed E-state index contributed by atoms with van der Waals surface area (Å²) in [5, 5.41) is 6.42. The van der Waals surface area contributed by atoms with Crippen molar-refractivity contribution in [2.45, 2.75) is 43.2 Å². The average molecular weight is 322 g/mol. The average Bonchev–Trinajstić information content (AvgIpc) is 2.94. The van der Waals surface area contributed by atoms with Crippen LogP contribution >= 0.6 is 11.6 Å². The van der Waals surface area contributed by atoms with Crippen molar-refractivity contribution >= 4 is 21.6 Å². The smallest absolute Gasteiger partial charge is 0.260 e. The highest BCUT2D eigenvalue weighted by atomic mass is 35.5. The van der Waals surface area contributed by atoms with E-state index in [1.54, 1.807) is 0 Å². The standard InChI is InChI=1S/C12H20ClN3O3S/c1-2-6-19-11-4-3-5-16(9-11)20(17,18)12-10(7-13)8-14-15-12/h8,11H,2-7,9H2,1H3,(H,14,15). The molecule has 114 valence electrons. The van der Waals surface area contributed by atoms with E-state index in [0.29, 0.717) is 25.3 Å². The minimum absolute atomic E-state index is 0.0270. The van der Waals surface area contributed by atoms with E-state index in [0.717, 1.165) is 19.3 Å². The fourth-order valence-corrected chi connectivity index (χ4v) is 4.19. The van der Waals surface area contributed by atoms with Crippen LogP contribution in [0.5, 0.6) is 0 Å². The van der Waals surface area contributed by atoms with Gasteiger partial charge >= 0.3 is 0 Å². The topological polar surface area (TPSA) is 75.3 Å². The third kappa shape index (κ3) is 3.33. The minimum atomic E-state index is -3.57. The van der Waals surface area contributed by atoms with E-state index >= 15 is 0 Å². The molecule has 1 unspecified atom stereocenters. The maximum atomic E-state index is 12.6. The molecule has 20 heavy (non-hydrogen) atoms. The van der Waals surface area contributed by atoms with Gasteiger partial charge in [-0.3, -0.25) is 5.10 Å². The quantitative estimate of drug-likeness (QED) is 0.810. The summed E-state index contributed by atoms with van der Waals surface area (Å²) in [7, 11) is -3.57. The summed E-state index contributed by atoms with van der Waals surface area (Å²) < 4.78 is 32.3. The monoisotopic (exact) mass is 321 g/mol. The van der Waals surface area contributed by atoms with Gasteiger partial charge < -0.3 is 4.74 Å². The molecule has 1 atom stereocenters. The molecule has 0 bridgehead atoms. The summed E-state index contributed by atoms with van der Waals surface area (Å²) in [5.41, 5.74) is 0.503. The van der Waals surface area contributed by atoms with Crippen LogP contribution in [0.15, 0.2) is 11.2 Å². The number of hydrogen-bond acceptors (Lipinski definition) is 4. The van der Waals surface area contributed by atoms with Gasteiger partial charge in [-0.05, 0) is 19.3 Å². The second kappa shape index (κ2) is 6.89. The lowest BCUT2D eigenvalue weighted by Gasteiger charge is -2.31. The Morgan fingerprint density at radius 2 is 2.40 bits per heavy atom. The predicted molar refractivity (Wildman–Crippen MR) is 76.2 cm³/mol. The highest BCUT2D eigenvalue weighted by Crippen LogP contribution is 2.23. The molecule has 2 heterocycles. The number of halogens is 1. The number of nitrogens with one attached hydrogen (secondary N) is 1. The molecule has 8 heteroatoms. The minimum Gasteiger partial charge on any atom is -0.377 e. The van der Waals surface area contributed by atoms with Crippen molar-refractivity contribution in [3.05, 3.63) is 11.8 Å². The Labute approximate surface area is 124 Å². The van der Waals surface area contributed by atoms with E-state index in [4.69, 9.17) is 16.3 Å². The molecule has 1 N–H and O–H groups in total. The van der Waals surface area contributed by atoms with Crippen molar-refractivity contribution < 1.29 is 13.2 Å². The third-order valence-electron chi connectivity index (χ3n) is 3.32. The third-order valence-corrected chi connectivity index (χ3v) is 5.49. The Morgan fingerprint density at radius 3 is 3.10 bits per heavy atom. The molecule has 1 aliphatic heterocycles. The van der Waals surface area contributed by atoms with Crippen LogP contribution in [0, 0.1) is 0 Å². The molecule has 1 aromatic heterocycles. The number of H-pyrrole nitrogens is 1. The molecule has 0 spiro atoms. The van der Waals surface area contributed by atoms with Crippen molar-refractivity contribution in [1.82, 2.24) is 14.5 Å². The van der Waals surface area contributed by atoms with Crippen LogP contribution in [0.4, 0.5) is 0 Å². The van der Waals surface area contributed by atoms with E-state index in [1.165, 1.54) is 10.5 Å². The molecule has 0 aliphatic carbocycles. The Bertz CT molecular complexity index is 532. The molecule has 1 aromatic rings. The Morgan fingerprint density at radius 1 is 1.60 bits per heavy atom. The van der Waals surface area contributed by atoms with Crippen LogP contribution < -0.4 is 0 Å². The maximum Gasteiger partial charge on any atom is 0.260 e. The van der Waals surface area contributed by atoms with E-state index in [9.17, 15) is 8.42 Å². The number of sulfonamides is 1. The molecule has 0 saturated carbocycles. The molecule has 2 rings (SSSR count). The van der Waals surface area contributed by atoms with Crippen molar-refractivity contribution in [2.75, 3.05) is 19.7 Å². The van der Waals surface area contributed by atoms with Crippen LogP contribution in [-0.2, 0) is 20.6 Å². The molecular weight excluding hydrogens is 302 g/mol. The summed E-state index contributed by atoms with van der Waals surface area (Å²) in [5.74, 6) is 0.120. The van der Waals surface area contributed by atoms with Gasteiger partial charge in [-0.25, -0.2) is 8.42 Å². The van der Waals surface area contributed by atoms with Crippen LogP contribution in [0.25, 0.3) is 0 Å². The van der Waals surface area contributed by atoms with Gasteiger partial charge in [-0.2, -0.15) is 9.40 Å². The Balaban J connectivity index is 2.13. The van der Waals surface area contributed by atoms with Crippen molar-refractivity contribution in [2.24, 2.45) is 0 Å². The summed E-state index contributed by atoms with van der Waals surface area (Å²) in [6, 6.07) is 0. The van der Waals surface area contributed by atoms with E-state index in [1.807, 2.05) is 6.92 Å². The normalized spacial score (nSPS) is 21.2. The zero-order chi connectivity index (χ0) is 14.6. The number of rotatable bonds is 6. The highest BCUT2D eigenvalue weighted by Gasteiger charge is 2.33. The Hall–Kier alpha value is -0.630. The number of ether oxygens (including phenoxy) is 1. The van der Waals surface area contributed by atoms with E-state index in [2.05, 4.69) is 10.2 Å². The van der Waals surface area contributed by atoms with E-state index < -0.39 is 10.0 Å². The summed E-state index contributed by atoms with van der Waals surface area (Å²) >= 11 is 5.75. The largest absolute Gasteiger partial charge is 0.377 e. The van der Waals surface area contributed by atoms with Gasteiger partial charge in [0, 0.05) is 25.3 Å². The zero-order valence-corrected chi connectivity index (χ0v) is 13.1. The first kappa shape index (κ1) is 15.8. The number of alkyl halides is 1.